The Hall–Kier alpha value is -3.14. The van der Waals surface area contributed by atoms with Crippen LogP contribution in [-0.2, 0) is 21.3 Å². The molecule has 0 amide bonds. The Morgan fingerprint density at radius 2 is 1.68 bits per heavy atom. The van der Waals surface area contributed by atoms with Gasteiger partial charge < -0.3 is 19.7 Å². The van der Waals surface area contributed by atoms with Gasteiger partial charge in [0.2, 0.25) is 0 Å². The van der Waals surface area contributed by atoms with Crippen LogP contribution in [0.15, 0.2) is 42.5 Å². The van der Waals surface area contributed by atoms with E-state index in [9.17, 15) is 22.8 Å². The summed E-state index contributed by atoms with van der Waals surface area (Å²) in [6.45, 7) is 8.12. The zero-order valence-corrected chi connectivity index (χ0v) is 20.2. The number of halogens is 3. The van der Waals surface area contributed by atoms with Crippen molar-refractivity contribution in [2.75, 3.05) is 4.90 Å². The number of hydrogen-bond acceptors (Lipinski definition) is 5. The van der Waals surface area contributed by atoms with Crippen molar-refractivity contribution in [1.29, 1.82) is 0 Å². The fourth-order valence-electron chi connectivity index (χ4n) is 4.41. The van der Waals surface area contributed by atoms with Crippen LogP contribution in [0.2, 0.25) is 0 Å². The fraction of sp³-hybridized carbons (Fsp3) is 0.375. The summed E-state index contributed by atoms with van der Waals surface area (Å²) in [6.07, 6.45) is -4.15. The molecular formula is C24H25F3N2O4S. The molecule has 1 saturated heterocycles. The van der Waals surface area contributed by atoms with Gasteiger partial charge in [-0.05, 0) is 69.7 Å². The molecule has 10 heteroatoms. The molecule has 0 bridgehead atoms. The van der Waals surface area contributed by atoms with E-state index in [2.05, 4.69) is 5.32 Å². The fourth-order valence-corrected chi connectivity index (χ4v) is 4.99. The zero-order chi connectivity index (χ0) is 25.5. The van der Waals surface area contributed by atoms with Crippen molar-refractivity contribution in [2.45, 2.75) is 58.3 Å². The molecule has 0 radical (unpaired) electrons. The smallest absolute Gasteiger partial charge is 0.416 e. The van der Waals surface area contributed by atoms with Gasteiger partial charge in [0.1, 0.15) is 11.5 Å². The number of rotatable bonds is 4. The normalized spacial score (nSPS) is 19.9. The topological polar surface area (TPSA) is 67.9 Å². The molecule has 3 rings (SSSR count). The first kappa shape index (κ1) is 25.5. The van der Waals surface area contributed by atoms with Gasteiger partial charge in [0, 0.05) is 36.7 Å². The first-order valence-corrected chi connectivity index (χ1v) is 10.8. The van der Waals surface area contributed by atoms with Gasteiger partial charge in [0.05, 0.1) is 11.1 Å². The largest absolute Gasteiger partial charge is 0.427 e. The van der Waals surface area contributed by atoms with Crippen LogP contribution in [0, 0.1) is 0 Å². The summed E-state index contributed by atoms with van der Waals surface area (Å²) < 4.78 is 51.0. The molecule has 2 aromatic carbocycles. The third-order valence-corrected chi connectivity index (χ3v) is 5.69. The summed E-state index contributed by atoms with van der Waals surface area (Å²) in [5.74, 6) is -0.877. The minimum atomic E-state index is -4.54. The summed E-state index contributed by atoms with van der Waals surface area (Å²) in [7, 11) is 0. The number of hydrogen-bond donors (Lipinski definition) is 1. The van der Waals surface area contributed by atoms with Crippen LogP contribution in [0.25, 0.3) is 0 Å². The summed E-state index contributed by atoms with van der Waals surface area (Å²) >= 11 is 5.61. The molecule has 2 aromatic rings. The van der Waals surface area contributed by atoms with Crippen LogP contribution in [0.5, 0.6) is 11.5 Å². The van der Waals surface area contributed by atoms with E-state index in [1.807, 2.05) is 20.8 Å². The molecule has 1 fully saturated rings. The van der Waals surface area contributed by atoms with Gasteiger partial charge in [-0.25, -0.2) is 0 Å². The molecule has 1 aliphatic heterocycles. The van der Waals surface area contributed by atoms with Crippen LogP contribution < -0.4 is 19.7 Å². The Bertz CT molecular complexity index is 1150. The second-order valence-corrected chi connectivity index (χ2v) is 9.38. The van der Waals surface area contributed by atoms with E-state index in [1.54, 1.807) is 17.0 Å². The molecule has 1 atom stereocenters. The van der Waals surface area contributed by atoms with Crippen molar-refractivity contribution in [3.63, 3.8) is 0 Å². The average molecular weight is 495 g/mol. The lowest BCUT2D eigenvalue weighted by Gasteiger charge is -2.53. The predicted octanol–water partition coefficient (Wildman–Crippen LogP) is 5.33. The highest BCUT2D eigenvalue weighted by Crippen LogP contribution is 2.47. The maximum atomic E-state index is 13.5. The molecule has 0 aliphatic carbocycles. The highest BCUT2D eigenvalue weighted by Gasteiger charge is 2.48. The van der Waals surface area contributed by atoms with Crippen LogP contribution >= 0.6 is 12.2 Å². The second-order valence-electron chi connectivity index (χ2n) is 8.99. The number of nitrogens with one attached hydrogen (secondary N) is 1. The molecule has 0 aromatic heterocycles. The number of ether oxygens (including phenoxy) is 2. The standard InChI is InChI=1S/C24H25F3N2O4S/c1-14(30)32-18-9-10-19(20(12-18)33-15(2)31)23(5)13-22(3,4)28-21(34)29(23)17-8-6-7-16(11-17)24(25,26)27/h6-12H,13H2,1-5H3,(H,28,34). The van der Waals surface area contributed by atoms with E-state index in [1.165, 1.54) is 32.0 Å². The summed E-state index contributed by atoms with van der Waals surface area (Å²) in [4.78, 5) is 24.9. The highest BCUT2D eigenvalue weighted by molar-refractivity contribution is 7.80. The molecule has 34 heavy (non-hydrogen) atoms. The predicted molar refractivity (Wildman–Crippen MR) is 125 cm³/mol. The van der Waals surface area contributed by atoms with Crippen molar-refractivity contribution < 1.29 is 32.2 Å². The monoisotopic (exact) mass is 494 g/mol. The molecule has 1 unspecified atom stereocenters. The lowest BCUT2D eigenvalue weighted by molar-refractivity contribution is -0.137. The number of thiocarbonyl (C=S) groups is 1. The third-order valence-electron chi connectivity index (χ3n) is 5.41. The molecule has 1 aliphatic rings. The van der Waals surface area contributed by atoms with E-state index < -0.39 is 34.8 Å². The Morgan fingerprint density at radius 3 is 2.26 bits per heavy atom. The van der Waals surface area contributed by atoms with Gasteiger partial charge in [-0.1, -0.05) is 6.07 Å². The van der Waals surface area contributed by atoms with Crippen LogP contribution in [0.1, 0.15) is 52.2 Å². The van der Waals surface area contributed by atoms with E-state index >= 15 is 0 Å². The van der Waals surface area contributed by atoms with Crippen molar-refractivity contribution in [2.24, 2.45) is 0 Å². The lowest BCUT2D eigenvalue weighted by Crippen LogP contribution is -2.65. The number of esters is 2. The van der Waals surface area contributed by atoms with Crippen LogP contribution in [0.3, 0.4) is 0 Å². The van der Waals surface area contributed by atoms with Gasteiger partial charge >= 0.3 is 18.1 Å². The van der Waals surface area contributed by atoms with Crippen molar-refractivity contribution >= 4 is 35.0 Å². The van der Waals surface area contributed by atoms with Crippen LogP contribution in [-0.4, -0.2) is 22.6 Å². The van der Waals surface area contributed by atoms with Crippen molar-refractivity contribution in [3.05, 3.63) is 53.6 Å². The Labute approximate surface area is 201 Å². The van der Waals surface area contributed by atoms with E-state index in [0.717, 1.165) is 12.1 Å². The number of anilines is 1. The molecule has 6 nitrogen and oxygen atoms in total. The van der Waals surface area contributed by atoms with Gasteiger partial charge in [-0.2, -0.15) is 13.2 Å². The first-order valence-electron chi connectivity index (χ1n) is 10.4. The summed E-state index contributed by atoms with van der Waals surface area (Å²) in [5.41, 5.74) is -1.66. The van der Waals surface area contributed by atoms with E-state index in [0.29, 0.717) is 12.0 Å². The molecule has 1 N–H and O–H groups in total. The molecule has 0 spiro atoms. The average Bonchev–Trinajstić information content (AvgIpc) is 2.65. The molecule has 1 heterocycles. The molecule has 182 valence electrons. The van der Waals surface area contributed by atoms with Crippen LogP contribution in [0.4, 0.5) is 18.9 Å². The second kappa shape index (κ2) is 8.90. The SMILES string of the molecule is CC(=O)Oc1ccc(C2(C)CC(C)(C)NC(=S)N2c2cccc(C(F)(F)F)c2)c(OC(C)=O)c1. The minimum Gasteiger partial charge on any atom is -0.427 e. The van der Waals surface area contributed by atoms with E-state index in [4.69, 9.17) is 21.7 Å². The maximum absolute atomic E-state index is 13.5. The molecular weight excluding hydrogens is 469 g/mol. The Kier molecular flexibility index (Phi) is 6.67. The quantitative estimate of drug-likeness (QED) is 0.350. The maximum Gasteiger partial charge on any atom is 0.416 e. The number of carbonyl (C=O) groups excluding carboxylic acids is 2. The summed E-state index contributed by atoms with van der Waals surface area (Å²) in [6, 6.07) is 9.45. The number of alkyl halides is 3. The van der Waals surface area contributed by atoms with Gasteiger partial charge in [-0.15, -0.1) is 0 Å². The minimum absolute atomic E-state index is 0.117. The Balaban J connectivity index is 2.24. The van der Waals surface area contributed by atoms with Gasteiger partial charge in [-0.3, -0.25) is 9.59 Å². The van der Waals surface area contributed by atoms with Crippen molar-refractivity contribution in [1.82, 2.24) is 5.32 Å². The molecule has 0 saturated carbocycles. The Morgan fingerprint density at radius 1 is 1.03 bits per heavy atom. The lowest BCUT2D eigenvalue weighted by atomic mass is 9.76. The summed E-state index contributed by atoms with van der Waals surface area (Å²) in [5, 5.41) is 3.40. The zero-order valence-electron chi connectivity index (χ0n) is 19.4. The third kappa shape index (κ3) is 5.32. The highest BCUT2D eigenvalue weighted by atomic mass is 32.1. The first-order chi connectivity index (χ1) is 15.6. The van der Waals surface area contributed by atoms with Gasteiger partial charge in [0.15, 0.2) is 5.11 Å². The van der Waals surface area contributed by atoms with Crippen molar-refractivity contribution in [3.8, 4) is 11.5 Å². The number of carbonyl (C=O) groups is 2. The van der Waals surface area contributed by atoms with E-state index in [-0.39, 0.29) is 22.3 Å². The van der Waals surface area contributed by atoms with Gasteiger partial charge in [0.25, 0.3) is 0 Å². The number of nitrogens with zero attached hydrogens (tertiary/aromatic N) is 1. The number of benzene rings is 2.